The van der Waals surface area contributed by atoms with Gasteiger partial charge in [-0.3, -0.25) is 0 Å². The molecule has 0 spiro atoms. The molecule has 64 valence electrons. The molecular formula is C11H13Br. The molecule has 1 aromatic carbocycles. The van der Waals surface area contributed by atoms with E-state index in [0.29, 0.717) is 0 Å². The standard InChI is InChI=1S/C11H13Br/c1-2-3-10-4-6-11(7-5-10)8-9-12/h4-9H,2-3H2,1H3. The lowest BCUT2D eigenvalue weighted by Gasteiger charge is -1.98. The summed E-state index contributed by atoms with van der Waals surface area (Å²) in [5.74, 6) is 0. The minimum absolute atomic E-state index is 1.18. The Morgan fingerprint density at radius 2 is 1.92 bits per heavy atom. The van der Waals surface area contributed by atoms with Crippen molar-refractivity contribution >= 4 is 22.0 Å². The van der Waals surface area contributed by atoms with Crippen LogP contribution in [0.15, 0.2) is 29.3 Å². The van der Waals surface area contributed by atoms with E-state index in [1.807, 2.05) is 11.1 Å². The summed E-state index contributed by atoms with van der Waals surface area (Å²) >= 11 is 3.25. The minimum Gasteiger partial charge on any atom is -0.0651 e. The molecule has 0 aliphatic heterocycles. The third kappa shape index (κ3) is 2.82. The van der Waals surface area contributed by atoms with Crippen LogP contribution in [-0.4, -0.2) is 0 Å². The Morgan fingerprint density at radius 3 is 2.42 bits per heavy atom. The minimum atomic E-state index is 1.18. The third-order valence-electron chi connectivity index (χ3n) is 1.77. The second kappa shape index (κ2) is 5.15. The highest BCUT2D eigenvalue weighted by Crippen LogP contribution is 2.08. The van der Waals surface area contributed by atoms with Crippen molar-refractivity contribution in [3.8, 4) is 0 Å². The normalized spacial score (nSPS) is 10.8. The molecule has 0 atom stereocenters. The summed E-state index contributed by atoms with van der Waals surface area (Å²) in [6, 6.07) is 8.66. The van der Waals surface area contributed by atoms with Crippen molar-refractivity contribution in [2.24, 2.45) is 0 Å². The van der Waals surface area contributed by atoms with Crippen molar-refractivity contribution in [1.82, 2.24) is 0 Å². The van der Waals surface area contributed by atoms with E-state index in [1.165, 1.54) is 24.0 Å². The highest BCUT2D eigenvalue weighted by atomic mass is 79.9. The van der Waals surface area contributed by atoms with Gasteiger partial charge in [0.05, 0.1) is 0 Å². The van der Waals surface area contributed by atoms with Crippen LogP contribution in [0.1, 0.15) is 24.5 Å². The molecule has 0 heterocycles. The second-order valence-corrected chi connectivity index (χ2v) is 3.31. The van der Waals surface area contributed by atoms with Gasteiger partial charge < -0.3 is 0 Å². The number of aryl methyl sites for hydroxylation is 1. The van der Waals surface area contributed by atoms with Gasteiger partial charge in [0.15, 0.2) is 0 Å². The molecule has 0 nitrogen and oxygen atoms in total. The van der Waals surface area contributed by atoms with E-state index in [4.69, 9.17) is 0 Å². The molecular weight excluding hydrogens is 212 g/mol. The first kappa shape index (κ1) is 9.53. The zero-order valence-electron chi connectivity index (χ0n) is 7.26. The first-order valence-corrected chi connectivity index (χ1v) is 5.14. The van der Waals surface area contributed by atoms with E-state index in [2.05, 4.69) is 47.1 Å². The van der Waals surface area contributed by atoms with Gasteiger partial charge in [0.2, 0.25) is 0 Å². The number of halogens is 1. The van der Waals surface area contributed by atoms with Gasteiger partial charge in [-0.1, -0.05) is 53.5 Å². The maximum absolute atomic E-state index is 3.25. The maximum Gasteiger partial charge on any atom is -0.0183 e. The molecule has 0 aliphatic rings. The Labute approximate surface area is 82.4 Å². The van der Waals surface area contributed by atoms with E-state index in [-0.39, 0.29) is 0 Å². The molecule has 12 heavy (non-hydrogen) atoms. The van der Waals surface area contributed by atoms with Gasteiger partial charge in [0, 0.05) is 0 Å². The fraction of sp³-hybridized carbons (Fsp3) is 0.273. The maximum atomic E-state index is 3.25. The lowest BCUT2D eigenvalue weighted by Crippen LogP contribution is -1.81. The number of benzene rings is 1. The van der Waals surface area contributed by atoms with Gasteiger partial charge in [0.25, 0.3) is 0 Å². The van der Waals surface area contributed by atoms with Crippen molar-refractivity contribution in [2.45, 2.75) is 19.8 Å². The van der Waals surface area contributed by atoms with Gasteiger partial charge >= 0.3 is 0 Å². The summed E-state index contributed by atoms with van der Waals surface area (Å²) in [5, 5.41) is 0. The number of rotatable bonds is 3. The molecule has 0 N–H and O–H groups in total. The molecule has 0 fully saturated rings. The highest BCUT2D eigenvalue weighted by Gasteiger charge is 1.89. The first-order valence-electron chi connectivity index (χ1n) is 4.22. The summed E-state index contributed by atoms with van der Waals surface area (Å²) in [6.45, 7) is 2.20. The molecule has 0 radical (unpaired) electrons. The number of hydrogen-bond acceptors (Lipinski definition) is 0. The van der Waals surface area contributed by atoms with E-state index in [9.17, 15) is 0 Å². The summed E-state index contributed by atoms with van der Waals surface area (Å²) in [6.07, 6.45) is 4.43. The second-order valence-electron chi connectivity index (χ2n) is 2.78. The average molecular weight is 225 g/mol. The largest absolute Gasteiger partial charge is 0.0651 e. The SMILES string of the molecule is CCCc1ccc(C=CBr)cc1. The van der Waals surface area contributed by atoms with E-state index >= 15 is 0 Å². The van der Waals surface area contributed by atoms with Gasteiger partial charge in [-0.15, -0.1) is 0 Å². The zero-order valence-corrected chi connectivity index (χ0v) is 8.84. The average Bonchev–Trinajstić information content (AvgIpc) is 2.09. The molecule has 1 rings (SSSR count). The van der Waals surface area contributed by atoms with Crippen LogP contribution in [0.4, 0.5) is 0 Å². The van der Waals surface area contributed by atoms with Crippen LogP contribution in [0.2, 0.25) is 0 Å². The molecule has 0 saturated carbocycles. The Kier molecular flexibility index (Phi) is 4.09. The van der Waals surface area contributed by atoms with Gasteiger partial charge in [-0.2, -0.15) is 0 Å². The Balaban J connectivity index is 2.71. The fourth-order valence-corrected chi connectivity index (χ4v) is 1.46. The molecule has 0 saturated heterocycles. The molecule has 0 aromatic heterocycles. The Hall–Kier alpha value is -0.560. The van der Waals surface area contributed by atoms with Crippen LogP contribution in [-0.2, 0) is 6.42 Å². The van der Waals surface area contributed by atoms with Crippen molar-refractivity contribution in [2.75, 3.05) is 0 Å². The summed E-state index contributed by atoms with van der Waals surface area (Å²) in [7, 11) is 0. The first-order chi connectivity index (χ1) is 5.86. The molecule has 0 unspecified atom stereocenters. The zero-order chi connectivity index (χ0) is 8.81. The van der Waals surface area contributed by atoms with Crippen LogP contribution in [0.25, 0.3) is 6.08 Å². The smallest absolute Gasteiger partial charge is 0.0183 e. The van der Waals surface area contributed by atoms with Crippen LogP contribution in [0.3, 0.4) is 0 Å². The van der Waals surface area contributed by atoms with Crippen LogP contribution in [0.5, 0.6) is 0 Å². The molecule has 1 aromatic rings. The van der Waals surface area contributed by atoms with Crippen molar-refractivity contribution in [3.05, 3.63) is 40.4 Å². The summed E-state index contributed by atoms with van der Waals surface area (Å²) < 4.78 is 0. The predicted octanol–water partition coefficient (Wildman–Crippen LogP) is 4.00. The third-order valence-corrected chi connectivity index (χ3v) is 2.04. The van der Waals surface area contributed by atoms with E-state index < -0.39 is 0 Å². The predicted molar refractivity (Wildman–Crippen MR) is 58.4 cm³/mol. The lowest BCUT2D eigenvalue weighted by atomic mass is 10.1. The van der Waals surface area contributed by atoms with Crippen molar-refractivity contribution < 1.29 is 0 Å². The van der Waals surface area contributed by atoms with Crippen LogP contribution < -0.4 is 0 Å². The van der Waals surface area contributed by atoms with E-state index in [0.717, 1.165) is 0 Å². The molecule has 1 heteroatoms. The van der Waals surface area contributed by atoms with Crippen molar-refractivity contribution in [3.63, 3.8) is 0 Å². The topological polar surface area (TPSA) is 0 Å². The Bertz CT molecular complexity index is 246. The van der Waals surface area contributed by atoms with Gasteiger partial charge in [-0.05, 0) is 28.6 Å². The fourth-order valence-electron chi connectivity index (χ4n) is 1.16. The molecule has 0 amide bonds. The summed E-state index contributed by atoms with van der Waals surface area (Å²) in [4.78, 5) is 1.88. The highest BCUT2D eigenvalue weighted by molar-refractivity contribution is 9.11. The molecule has 0 bridgehead atoms. The monoisotopic (exact) mass is 224 g/mol. The van der Waals surface area contributed by atoms with Crippen LogP contribution >= 0.6 is 15.9 Å². The quantitative estimate of drug-likeness (QED) is 0.729. The molecule has 0 aliphatic carbocycles. The number of hydrogen-bond donors (Lipinski definition) is 0. The lowest BCUT2D eigenvalue weighted by molar-refractivity contribution is 0.922. The summed E-state index contributed by atoms with van der Waals surface area (Å²) in [5.41, 5.74) is 2.66. The van der Waals surface area contributed by atoms with Gasteiger partial charge in [-0.25, -0.2) is 0 Å². The van der Waals surface area contributed by atoms with Crippen LogP contribution in [0, 0.1) is 0 Å². The van der Waals surface area contributed by atoms with E-state index in [1.54, 1.807) is 0 Å². The van der Waals surface area contributed by atoms with Crippen molar-refractivity contribution in [1.29, 1.82) is 0 Å². The Morgan fingerprint density at radius 1 is 1.25 bits per heavy atom. The van der Waals surface area contributed by atoms with Gasteiger partial charge in [0.1, 0.15) is 0 Å².